The van der Waals surface area contributed by atoms with E-state index >= 15 is 0 Å². The number of benzene rings is 2. The molecule has 27 heavy (non-hydrogen) atoms. The van der Waals surface area contributed by atoms with Crippen LogP contribution in [0.25, 0.3) is 5.69 Å². The predicted octanol–water partition coefficient (Wildman–Crippen LogP) is 3.08. The van der Waals surface area contributed by atoms with Crippen molar-refractivity contribution in [2.75, 3.05) is 11.9 Å². The first-order valence-electron chi connectivity index (χ1n) is 8.11. The summed E-state index contributed by atoms with van der Waals surface area (Å²) in [5, 5.41) is 7.42. The third-order valence-electron chi connectivity index (χ3n) is 3.72. The molecule has 0 bridgehead atoms. The summed E-state index contributed by atoms with van der Waals surface area (Å²) < 4.78 is 28.0. The maximum absolute atomic E-state index is 12.6. The fourth-order valence-corrected chi connectivity index (χ4v) is 3.69. The van der Waals surface area contributed by atoms with E-state index in [1.165, 1.54) is 24.3 Å². The molecule has 3 rings (SSSR count). The van der Waals surface area contributed by atoms with E-state index in [0.29, 0.717) is 22.0 Å². The Bertz CT molecular complexity index is 1050. The van der Waals surface area contributed by atoms with Crippen LogP contribution in [0.3, 0.4) is 0 Å². The van der Waals surface area contributed by atoms with E-state index in [4.69, 9.17) is 11.6 Å². The highest BCUT2D eigenvalue weighted by Gasteiger charge is 2.15. The quantitative estimate of drug-likeness (QED) is 0.660. The zero-order valence-corrected chi connectivity index (χ0v) is 16.0. The number of halogens is 1. The van der Waals surface area contributed by atoms with Gasteiger partial charge in [0, 0.05) is 29.5 Å². The molecule has 0 spiro atoms. The lowest BCUT2D eigenvalue weighted by atomic mass is 10.2. The molecule has 0 unspecified atom stereocenters. The summed E-state index contributed by atoms with van der Waals surface area (Å²) >= 11 is 6.05. The minimum absolute atomic E-state index is 0.0980. The lowest BCUT2D eigenvalue weighted by molar-refractivity contribution is 0.102. The number of nitrogens with one attached hydrogen (secondary N) is 2. The van der Waals surface area contributed by atoms with Crippen molar-refractivity contribution in [3.8, 4) is 5.69 Å². The first-order chi connectivity index (χ1) is 12.9. The Balaban J connectivity index is 1.85. The molecule has 3 aromatic rings. The number of aromatic nitrogens is 2. The maximum Gasteiger partial charge on any atom is 0.255 e. The van der Waals surface area contributed by atoms with Gasteiger partial charge < -0.3 is 5.32 Å². The molecule has 0 radical (unpaired) electrons. The second-order valence-electron chi connectivity index (χ2n) is 5.59. The van der Waals surface area contributed by atoms with Gasteiger partial charge in [0.1, 0.15) is 0 Å². The van der Waals surface area contributed by atoms with Crippen LogP contribution in [0.1, 0.15) is 17.3 Å². The Kier molecular flexibility index (Phi) is 5.59. The largest absolute Gasteiger partial charge is 0.320 e. The van der Waals surface area contributed by atoms with E-state index in [2.05, 4.69) is 15.1 Å². The van der Waals surface area contributed by atoms with Gasteiger partial charge in [-0.1, -0.05) is 18.5 Å². The normalized spacial score (nSPS) is 11.3. The number of hydrogen-bond donors (Lipinski definition) is 2. The van der Waals surface area contributed by atoms with Crippen LogP contribution in [0.2, 0.25) is 5.02 Å². The number of nitrogens with zero attached hydrogens (tertiary/aromatic N) is 2. The van der Waals surface area contributed by atoms with Gasteiger partial charge in [0.25, 0.3) is 5.91 Å². The van der Waals surface area contributed by atoms with Gasteiger partial charge >= 0.3 is 0 Å². The lowest BCUT2D eigenvalue weighted by Gasteiger charge is -2.12. The summed E-state index contributed by atoms with van der Waals surface area (Å²) in [6.45, 7) is 1.98. The minimum atomic E-state index is -3.56. The monoisotopic (exact) mass is 404 g/mol. The zero-order chi connectivity index (χ0) is 19.4. The van der Waals surface area contributed by atoms with Crippen LogP contribution in [0.15, 0.2) is 65.8 Å². The highest BCUT2D eigenvalue weighted by atomic mass is 35.5. The molecular weight excluding hydrogens is 388 g/mol. The third kappa shape index (κ3) is 4.36. The number of carbonyl (C=O) groups excluding carboxylic acids is 1. The smallest absolute Gasteiger partial charge is 0.255 e. The lowest BCUT2D eigenvalue weighted by Crippen LogP contribution is -2.23. The fourth-order valence-electron chi connectivity index (χ4n) is 2.47. The standard InChI is InChI=1S/C18H17ClN4O3S/c1-2-21-27(25,26)15-7-4-13(5-8-15)18(24)22-16-12-14(19)6-9-17(16)23-11-3-10-20-23/h3-12,21H,2H2,1H3,(H,22,24). The first kappa shape index (κ1) is 19.1. The van der Waals surface area contributed by atoms with Crippen molar-refractivity contribution in [3.63, 3.8) is 0 Å². The van der Waals surface area contributed by atoms with E-state index < -0.39 is 15.9 Å². The molecule has 140 valence electrons. The Morgan fingerprint density at radius 1 is 1.19 bits per heavy atom. The molecule has 0 aliphatic heterocycles. The van der Waals surface area contributed by atoms with Crippen molar-refractivity contribution in [2.45, 2.75) is 11.8 Å². The van der Waals surface area contributed by atoms with Crippen LogP contribution in [0.5, 0.6) is 0 Å². The summed E-state index contributed by atoms with van der Waals surface area (Å²) in [5.74, 6) is -0.391. The third-order valence-corrected chi connectivity index (χ3v) is 5.52. The number of hydrogen-bond acceptors (Lipinski definition) is 4. The second kappa shape index (κ2) is 7.91. The predicted molar refractivity (Wildman–Crippen MR) is 104 cm³/mol. The topological polar surface area (TPSA) is 93.1 Å². The molecular formula is C18H17ClN4O3S. The number of carbonyl (C=O) groups is 1. The van der Waals surface area contributed by atoms with E-state index in [9.17, 15) is 13.2 Å². The van der Waals surface area contributed by atoms with Gasteiger partial charge in [-0.05, 0) is 48.5 Å². The van der Waals surface area contributed by atoms with E-state index in [0.717, 1.165) is 0 Å². The number of sulfonamides is 1. The number of anilines is 1. The van der Waals surface area contributed by atoms with Crippen LogP contribution >= 0.6 is 11.6 Å². The number of rotatable bonds is 6. The molecule has 1 heterocycles. The van der Waals surface area contributed by atoms with Crippen molar-refractivity contribution in [1.82, 2.24) is 14.5 Å². The molecule has 0 atom stereocenters. The minimum Gasteiger partial charge on any atom is -0.320 e. The molecule has 2 aromatic carbocycles. The van der Waals surface area contributed by atoms with Crippen LogP contribution < -0.4 is 10.0 Å². The number of amides is 1. The molecule has 0 fully saturated rings. The zero-order valence-electron chi connectivity index (χ0n) is 14.4. The Hall–Kier alpha value is -2.68. The summed E-state index contributed by atoms with van der Waals surface area (Å²) in [5.41, 5.74) is 1.46. The highest BCUT2D eigenvalue weighted by molar-refractivity contribution is 7.89. The van der Waals surface area contributed by atoms with E-state index in [1.807, 2.05) is 0 Å². The second-order valence-corrected chi connectivity index (χ2v) is 7.80. The van der Waals surface area contributed by atoms with Gasteiger partial charge in [-0.2, -0.15) is 5.10 Å². The van der Waals surface area contributed by atoms with E-state index in [-0.39, 0.29) is 11.4 Å². The van der Waals surface area contributed by atoms with Gasteiger partial charge in [0.05, 0.1) is 16.3 Å². The summed E-state index contributed by atoms with van der Waals surface area (Å²) in [6, 6.07) is 12.5. The maximum atomic E-state index is 12.6. The van der Waals surface area contributed by atoms with Crippen molar-refractivity contribution < 1.29 is 13.2 Å². The van der Waals surface area contributed by atoms with Crippen LogP contribution in [0, 0.1) is 0 Å². The fraction of sp³-hybridized carbons (Fsp3) is 0.111. The molecule has 1 amide bonds. The van der Waals surface area contributed by atoms with Gasteiger partial charge in [0.15, 0.2) is 0 Å². The van der Waals surface area contributed by atoms with Crippen molar-refractivity contribution in [1.29, 1.82) is 0 Å². The first-order valence-corrected chi connectivity index (χ1v) is 9.97. The van der Waals surface area contributed by atoms with Crippen LogP contribution in [0.4, 0.5) is 5.69 Å². The van der Waals surface area contributed by atoms with Crippen molar-refractivity contribution in [3.05, 3.63) is 71.5 Å². The molecule has 0 saturated carbocycles. The molecule has 2 N–H and O–H groups in total. The molecule has 0 aliphatic carbocycles. The Labute approximate surface area is 162 Å². The average Bonchev–Trinajstić information content (AvgIpc) is 3.16. The summed E-state index contributed by atoms with van der Waals surface area (Å²) in [7, 11) is -3.56. The molecule has 0 aliphatic rings. The Morgan fingerprint density at radius 2 is 1.93 bits per heavy atom. The SMILES string of the molecule is CCNS(=O)(=O)c1ccc(C(=O)Nc2cc(Cl)ccc2-n2cccn2)cc1. The average molecular weight is 405 g/mol. The summed E-state index contributed by atoms with van der Waals surface area (Å²) in [6.07, 6.45) is 3.38. The molecule has 7 nitrogen and oxygen atoms in total. The highest BCUT2D eigenvalue weighted by Crippen LogP contribution is 2.25. The van der Waals surface area contributed by atoms with E-state index in [1.54, 1.807) is 48.3 Å². The van der Waals surface area contributed by atoms with Gasteiger partial charge in [-0.25, -0.2) is 17.8 Å². The molecule has 9 heteroatoms. The van der Waals surface area contributed by atoms with Crippen molar-refractivity contribution >= 4 is 33.2 Å². The van der Waals surface area contributed by atoms with Gasteiger partial charge in [-0.15, -0.1) is 0 Å². The summed E-state index contributed by atoms with van der Waals surface area (Å²) in [4.78, 5) is 12.7. The molecule has 0 saturated heterocycles. The van der Waals surface area contributed by atoms with Gasteiger partial charge in [0.2, 0.25) is 10.0 Å². The van der Waals surface area contributed by atoms with Gasteiger partial charge in [-0.3, -0.25) is 4.79 Å². The van der Waals surface area contributed by atoms with Crippen molar-refractivity contribution in [2.24, 2.45) is 0 Å². The molecule has 1 aromatic heterocycles. The van der Waals surface area contributed by atoms with Crippen LogP contribution in [-0.4, -0.2) is 30.7 Å². The van der Waals surface area contributed by atoms with Crippen LogP contribution in [-0.2, 0) is 10.0 Å². The Morgan fingerprint density at radius 3 is 2.56 bits per heavy atom.